The Labute approximate surface area is 140 Å². The molecule has 2 atom stereocenters. The van der Waals surface area contributed by atoms with Crippen LogP contribution in [0.4, 0.5) is 5.69 Å². The predicted molar refractivity (Wildman–Crippen MR) is 88.2 cm³/mol. The SMILES string of the molecule is CC(=O)Nc1cccc(C(=O)N[C@@H](C(N)=O)[C@@H]2CCCC(=O)C2)c1. The second-order valence-electron chi connectivity index (χ2n) is 6.01. The Morgan fingerprint density at radius 2 is 2.04 bits per heavy atom. The topological polar surface area (TPSA) is 118 Å². The summed E-state index contributed by atoms with van der Waals surface area (Å²) in [6.07, 6.45) is 2.13. The molecule has 1 aromatic rings. The molecule has 0 heterocycles. The number of anilines is 1. The molecule has 7 heteroatoms. The summed E-state index contributed by atoms with van der Waals surface area (Å²) >= 11 is 0. The highest BCUT2D eigenvalue weighted by Crippen LogP contribution is 2.24. The number of carbonyl (C=O) groups excluding carboxylic acids is 4. The fourth-order valence-electron chi connectivity index (χ4n) is 2.93. The Hall–Kier alpha value is -2.70. The fourth-order valence-corrected chi connectivity index (χ4v) is 2.93. The summed E-state index contributed by atoms with van der Waals surface area (Å²) in [7, 11) is 0. The number of nitrogens with one attached hydrogen (secondary N) is 2. The molecule has 1 aliphatic rings. The van der Waals surface area contributed by atoms with Crippen LogP contribution in [0.2, 0.25) is 0 Å². The van der Waals surface area contributed by atoms with E-state index in [2.05, 4.69) is 10.6 Å². The number of Topliss-reactive ketones (excluding diaryl/α,β-unsaturated/α-hetero) is 1. The lowest BCUT2D eigenvalue weighted by Gasteiger charge is -2.28. The maximum absolute atomic E-state index is 12.4. The monoisotopic (exact) mass is 331 g/mol. The molecular weight excluding hydrogens is 310 g/mol. The third-order valence-electron chi connectivity index (χ3n) is 4.03. The molecule has 0 saturated heterocycles. The zero-order valence-electron chi connectivity index (χ0n) is 13.5. The highest BCUT2D eigenvalue weighted by Gasteiger charge is 2.32. The van der Waals surface area contributed by atoms with Gasteiger partial charge in [-0.15, -0.1) is 0 Å². The van der Waals surface area contributed by atoms with Gasteiger partial charge in [0.2, 0.25) is 11.8 Å². The third-order valence-corrected chi connectivity index (χ3v) is 4.03. The minimum atomic E-state index is -0.883. The lowest BCUT2D eigenvalue weighted by atomic mass is 9.82. The third kappa shape index (κ3) is 4.65. The minimum Gasteiger partial charge on any atom is -0.368 e. The molecule has 4 N–H and O–H groups in total. The van der Waals surface area contributed by atoms with Crippen molar-refractivity contribution < 1.29 is 19.2 Å². The van der Waals surface area contributed by atoms with E-state index >= 15 is 0 Å². The first-order chi connectivity index (χ1) is 11.4. The Balaban J connectivity index is 2.11. The van der Waals surface area contributed by atoms with Crippen molar-refractivity contribution in [2.24, 2.45) is 11.7 Å². The Morgan fingerprint density at radius 1 is 1.29 bits per heavy atom. The van der Waals surface area contributed by atoms with Gasteiger partial charge in [-0.25, -0.2) is 0 Å². The molecule has 1 aromatic carbocycles. The van der Waals surface area contributed by atoms with Gasteiger partial charge in [-0.3, -0.25) is 19.2 Å². The first-order valence-corrected chi connectivity index (χ1v) is 7.86. The Bertz CT molecular complexity index is 672. The number of primary amides is 1. The van der Waals surface area contributed by atoms with Crippen LogP contribution in [-0.2, 0) is 14.4 Å². The van der Waals surface area contributed by atoms with Crippen LogP contribution in [0.5, 0.6) is 0 Å². The Morgan fingerprint density at radius 3 is 2.67 bits per heavy atom. The molecular formula is C17H21N3O4. The lowest BCUT2D eigenvalue weighted by Crippen LogP contribution is -2.50. The van der Waals surface area contributed by atoms with Crippen LogP contribution in [0, 0.1) is 5.92 Å². The smallest absolute Gasteiger partial charge is 0.252 e. The van der Waals surface area contributed by atoms with E-state index in [4.69, 9.17) is 5.73 Å². The molecule has 1 fully saturated rings. The van der Waals surface area contributed by atoms with Gasteiger partial charge in [-0.1, -0.05) is 6.07 Å². The van der Waals surface area contributed by atoms with Gasteiger partial charge in [0.25, 0.3) is 5.91 Å². The van der Waals surface area contributed by atoms with Crippen LogP contribution in [0.3, 0.4) is 0 Å². The minimum absolute atomic E-state index is 0.0828. The number of amides is 3. The van der Waals surface area contributed by atoms with E-state index in [1.807, 2.05) is 0 Å². The van der Waals surface area contributed by atoms with E-state index in [1.165, 1.54) is 13.0 Å². The van der Waals surface area contributed by atoms with Crippen LogP contribution in [0.15, 0.2) is 24.3 Å². The van der Waals surface area contributed by atoms with E-state index in [0.717, 1.165) is 0 Å². The van der Waals surface area contributed by atoms with Crippen LogP contribution in [0.1, 0.15) is 43.0 Å². The number of rotatable bonds is 5. The van der Waals surface area contributed by atoms with Crippen LogP contribution >= 0.6 is 0 Å². The molecule has 2 rings (SSSR count). The van der Waals surface area contributed by atoms with Crippen molar-refractivity contribution >= 4 is 29.2 Å². The molecule has 0 bridgehead atoms. The number of hydrogen-bond acceptors (Lipinski definition) is 4. The average Bonchev–Trinajstić information content (AvgIpc) is 2.51. The summed E-state index contributed by atoms with van der Waals surface area (Å²) in [4.78, 5) is 46.8. The number of ketones is 1. The Kier molecular flexibility index (Phi) is 5.68. The lowest BCUT2D eigenvalue weighted by molar-refractivity contribution is -0.124. The van der Waals surface area contributed by atoms with Crippen LogP contribution in [-0.4, -0.2) is 29.5 Å². The van der Waals surface area contributed by atoms with Crippen molar-refractivity contribution in [1.82, 2.24) is 5.32 Å². The van der Waals surface area contributed by atoms with E-state index in [9.17, 15) is 19.2 Å². The zero-order valence-corrected chi connectivity index (χ0v) is 13.5. The van der Waals surface area contributed by atoms with Crippen molar-refractivity contribution in [3.63, 3.8) is 0 Å². The number of carbonyl (C=O) groups is 4. The molecule has 0 unspecified atom stereocenters. The normalized spacial score (nSPS) is 18.5. The summed E-state index contributed by atoms with van der Waals surface area (Å²) < 4.78 is 0. The summed E-state index contributed by atoms with van der Waals surface area (Å²) in [6, 6.07) is 5.49. The largest absolute Gasteiger partial charge is 0.368 e. The molecule has 3 amide bonds. The zero-order chi connectivity index (χ0) is 17.7. The first-order valence-electron chi connectivity index (χ1n) is 7.86. The molecule has 1 aliphatic carbocycles. The van der Waals surface area contributed by atoms with Gasteiger partial charge >= 0.3 is 0 Å². The van der Waals surface area contributed by atoms with Crippen LogP contribution < -0.4 is 16.4 Å². The number of benzene rings is 1. The summed E-state index contributed by atoms with van der Waals surface area (Å²) in [5, 5.41) is 5.22. The first kappa shape index (κ1) is 17.7. The maximum Gasteiger partial charge on any atom is 0.252 e. The van der Waals surface area contributed by atoms with Gasteiger partial charge in [0.05, 0.1) is 0 Å². The van der Waals surface area contributed by atoms with Crippen molar-refractivity contribution in [3.8, 4) is 0 Å². The highest BCUT2D eigenvalue weighted by atomic mass is 16.2. The summed E-state index contributed by atoms with van der Waals surface area (Å²) in [5.41, 5.74) is 6.20. The average molecular weight is 331 g/mol. The van der Waals surface area contributed by atoms with E-state index < -0.39 is 17.9 Å². The van der Waals surface area contributed by atoms with Gasteiger partial charge in [-0.2, -0.15) is 0 Å². The van der Waals surface area contributed by atoms with Gasteiger partial charge in [-0.05, 0) is 37.0 Å². The molecule has 24 heavy (non-hydrogen) atoms. The standard InChI is InChI=1S/C17H21N3O4/c1-10(21)19-13-6-2-5-12(8-13)17(24)20-15(16(18)23)11-4-3-7-14(22)9-11/h2,5-6,8,11,15H,3-4,7,9H2,1H3,(H2,18,23)(H,19,21)(H,20,24)/t11-,15-/m1/s1. The van der Waals surface area contributed by atoms with Gasteiger partial charge < -0.3 is 16.4 Å². The fraction of sp³-hybridized carbons (Fsp3) is 0.412. The number of nitrogens with two attached hydrogens (primary N) is 1. The van der Waals surface area contributed by atoms with Crippen molar-refractivity contribution in [3.05, 3.63) is 29.8 Å². The molecule has 0 spiro atoms. The van der Waals surface area contributed by atoms with E-state index in [1.54, 1.807) is 18.2 Å². The summed E-state index contributed by atoms with van der Waals surface area (Å²) in [6.45, 7) is 1.37. The molecule has 0 radical (unpaired) electrons. The van der Waals surface area contributed by atoms with Gasteiger partial charge in [0.15, 0.2) is 0 Å². The predicted octanol–water partition coefficient (Wildman–Crippen LogP) is 0.988. The quantitative estimate of drug-likeness (QED) is 0.745. The number of hydrogen-bond donors (Lipinski definition) is 3. The van der Waals surface area contributed by atoms with E-state index in [0.29, 0.717) is 30.5 Å². The van der Waals surface area contributed by atoms with Crippen molar-refractivity contribution in [2.45, 2.75) is 38.6 Å². The second-order valence-corrected chi connectivity index (χ2v) is 6.01. The second kappa shape index (κ2) is 7.72. The van der Waals surface area contributed by atoms with Gasteiger partial charge in [0.1, 0.15) is 11.8 Å². The highest BCUT2D eigenvalue weighted by molar-refractivity contribution is 5.99. The molecule has 128 valence electrons. The molecule has 0 aliphatic heterocycles. The molecule has 7 nitrogen and oxygen atoms in total. The van der Waals surface area contributed by atoms with Crippen molar-refractivity contribution in [2.75, 3.05) is 5.32 Å². The van der Waals surface area contributed by atoms with Crippen molar-refractivity contribution in [1.29, 1.82) is 0 Å². The maximum atomic E-state index is 12.4. The molecule has 1 saturated carbocycles. The van der Waals surface area contributed by atoms with E-state index in [-0.39, 0.29) is 24.0 Å². The molecule has 0 aromatic heterocycles. The van der Waals surface area contributed by atoms with Crippen LogP contribution in [0.25, 0.3) is 0 Å². The summed E-state index contributed by atoms with van der Waals surface area (Å²) in [5.74, 6) is -1.56. The van der Waals surface area contributed by atoms with Gasteiger partial charge in [0, 0.05) is 31.0 Å².